The number of nitrogens with zero attached hydrogens (tertiary/aromatic N) is 2. The normalized spacial score (nSPS) is 11.6. The summed E-state index contributed by atoms with van der Waals surface area (Å²) < 4.78 is 25.7. The lowest BCUT2D eigenvalue weighted by Crippen LogP contribution is -2.39. The molecule has 0 atom stereocenters. The summed E-state index contributed by atoms with van der Waals surface area (Å²) in [6.45, 7) is 5.13. The van der Waals surface area contributed by atoms with Gasteiger partial charge in [-0.1, -0.05) is 36.4 Å². The third-order valence-corrected chi connectivity index (χ3v) is 6.55. The third-order valence-electron chi connectivity index (χ3n) is 5.41. The van der Waals surface area contributed by atoms with E-state index in [9.17, 15) is 18.0 Å². The van der Waals surface area contributed by atoms with E-state index >= 15 is 0 Å². The Balaban J connectivity index is 1.64. The number of sulfonamides is 1. The Hall–Kier alpha value is -3.98. The lowest BCUT2D eigenvalue weighted by molar-refractivity contribution is -0.119. The summed E-state index contributed by atoms with van der Waals surface area (Å²) in [6, 6.07) is 21.1. The Bertz CT molecular complexity index is 1350. The molecule has 3 aromatic carbocycles. The molecule has 0 aromatic heterocycles. The fourth-order valence-corrected chi connectivity index (χ4v) is 4.09. The van der Waals surface area contributed by atoms with Crippen molar-refractivity contribution >= 4 is 38.9 Å². The van der Waals surface area contributed by atoms with Gasteiger partial charge in [-0.25, -0.2) is 13.8 Å². The maximum atomic E-state index is 12.5. The Morgan fingerprint density at radius 1 is 0.886 bits per heavy atom. The van der Waals surface area contributed by atoms with E-state index in [4.69, 9.17) is 0 Å². The van der Waals surface area contributed by atoms with Crippen LogP contribution in [0, 0.1) is 13.8 Å². The summed E-state index contributed by atoms with van der Waals surface area (Å²) in [6.07, 6.45) is 1.06. The van der Waals surface area contributed by atoms with Gasteiger partial charge < -0.3 is 5.32 Å². The number of nitrogens with one attached hydrogen (secondary N) is 2. The lowest BCUT2D eigenvalue weighted by Gasteiger charge is -2.22. The van der Waals surface area contributed by atoms with E-state index in [2.05, 4.69) is 15.8 Å². The number of carbonyl (C=O) groups is 2. The summed E-state index contributed by atoms with van der Waals surface area (Å²) in [5.41, 5.74) is 7.22. The molecular formula is C26H28N4O4S. The number of rotatable bonds is 8. The second kappa shape index (κ2) is 11.0. The van der Waals surface area contributed by atoms with Crippen LogP contribution in [0.3, 0.4) is 0 Å². The summed E-state index contributed by atoms with van der Waals surface area (Å²) in [4.78, 5) is 24.8. The molecule has 8 nitrogen and oxygen atoms in total. The second-order valence-electron chi connectivity index (χ2n) is 8.17. The first-order chi connectivity index (χ1) is 16.5. The first-order valence-corrected chi connectivity index (χ1v) is 12.7. The van der Waals surface area contributed by atoms with E-state index < -0.39 is 22.5 Å². The van der Waals surface area contributed by atoms with E-state index in [0.717, 1.165) is 27.3 Å². The average Bonchev–Trinajstić information content (AvgIpc) is 2.83. The fraction of sp³-hybridized carbons (Fsp3) is 0.192. The van der Waals surface area contributed by atoms with Crippen molar-refractivity contribution in [1.29, 1.82) is 0 Å². The zero-order chi connectivity index (χ0) is 25.6. The number of amides is 2. The van der Waals surface area contributed by atoms with Gasteiger partial charge in [-0.3, -0.25) is 13.9 Å². The Kier molecular flexibility index (Phi) is 8.03. The number of hydrogen-bond donors (Lipinski definition) is 2. The number of hydrazone groups is 1. The zero-order valence-electron chi connectivity index (χ0n) is 20.1. The highest BCUT2D eigenvalue weighted by Crippen LogP contribution is 2.21. The maximum absolute atomic E-state index is 12.5. The van der Waals surface area contributed by atoms with Crippen LogP contribution in [0.1, 0.15) is 34.0 Å². The smallest absolute Gasteiger partial charge is 0.260 e. The molecule has 0 saturated heterocycles. The van der Waals surface area contributed by atoms with Crippen molar-refractivity contribution < 1.29 is 18.0 Å². The van der Waals surface area contributed by atoms with E-state index in [1.165, 1.54) is 0 Å². The van der Waals surface area contributed by atoms with Crippen molar-refractivity contribution in [2.45, 2.75) is 20.8 Å². The number of anilines is 2. The minimum atomic E-state index is -3.68. The maximum Gasteiger partial charge on any atom is 0.260 e. The predicted molar refractivity (Wildman–Crippen MR) is 139 cm³/mol. The first kappa shape index (κ1) is 25.6. The van der Waals surface area contributed by atoms with Crippen LogP contribution in [0.4, 0.5) is 11.4 Å². The monoisotopic (exact) mass is 492 g/mol. The van der Waals surface area contributed by atoms with Crippen molar-refractivity contribution in [2.75, 3.05) is 22.4 Å². The molecule has 0 fully saturated rings. The largest absolute Gasteiger partial charge is 0.322 e. The van der Waals surface area contributed by atoms with Crippen LogP contribution in [0.5, 0.6) is 0 Å². The summed E-state index contributed by atoms with van der Waals surface area (Å²) in [5, 5.41) is 6.92. The number of benzene rings is 3. The Morgan fingerprint density at radius 2 is 1.54 bits per heavy atom. The van der Waals surface area contributed by atoms with Gasteiger partial charge in [0.1, 0.15) is 6.54 Å². The van der Waals surface area contributed by atoms with Crippen LogP contribution >= 0.6 is 0 Å². The summed E-state index contributed by atoms with van der Waals surface area (Å²) in [5.74, 6) is -0.782. The summed E-state index contributed by atoms with van der Waals surface area (Å²) >= 11 is 0. The molecular weight excluding hydrogens is 464 g/mol. The van der Waals surface area contributed by atoms with Crippen molar-refractivity contribution in [3.05, 3.63) is 95.1 Å². The zero-order valence-corrected chi connectivity index (χ0v) is 20.9. The average molecular weight is 493 g/mol. The molecule has 2 N–H and O–H groups in total. The van der Waals surface area contributed by atoms with Crippen molar-refractivity contribution in [3.63, 3.8) is 0 Å². The highest BCUT2D eigenvalue weighted by atomic mass is 32.2. The number of aryl methyl sites for hydroxylation is 2. The van der Waals surface area contributed by atoms with Gasteiger partial charge in [-0.2, -0.15) is 5.10 Å². The van der Waals surface area contributed by atoms with E-state index in [1.54, 1.807) is 67.6 Å². The third kappa shape index (κ3) is 7.00. The van der Waals surface area contributed by atoms with Crippen LogP contribution in [0.15, 0.2) is 77.9 Å². The van der Waals surface area contributed by atoms with Crippen LogP contribution < -0.4 is 15.0 Å². The van der Waals surface area contributed by atoms with Gasteiger partial charge in [0, 0.05) is 11.3 Å². The van der Waals surface area contributed by atoms with Gasteiger partial charge in [-0.05, 0) is 73.9 Å². The molecule has 9 heteroatoms. The molecule has 35 heavy (non-hydrogen) atoms. The van der Waals surface area contributed by atoms with E-state index in [0.29, 0.717) is 22.6 Å². The molecule has 0 heterocycles. The SMILES string of the molecule is C/C(=N/NC(=O)CN(c1ccc(C)c(C)c1)S(C)(=O)=O)c1ccc(NC(=O)c2ccccc2)cc1. The van der Waals surface area contributed by atoms with Crippen LogP contribution in [0.2, 0.25) is 0 Å². The van der Waals surface area contributed by atoms with Crippen molar-refractivity contribution in [3.8, 4) is 0 Å². The number of hydrogen-bond acceptors (Lipinski definition) is 5. The van der Waals surface area contributed by atoms with Gasteiger partial charge in [-0.15, -0.1) is 0 Å². The minimum Gasteiger partial charge on any atom is -0.322 e. The van der Waals surface area contributed by atoms with E-state index in [1.807, 2.05) is 26.0 Å². The Morgan fingerprint density at radius 3 is 2.14 bits per heavy atom. The predicted octanol–water partition coefficient (Wildman–Crippen LogP) is 3.86. The standard InChI is InChI=1S/C26H28N4O4S/c1-18-10-15-24(16-19(18)2)30(35(4,33)34)17-25(31)29-28-20(3)21-11-13-23(14-12-21)27-26(32)22-8-6-5-7-9-22/h5-16H,17H2,1-4H3,(H,27,32)(H,29,31)/b28-20-. The van der Waals surface area contributed by atoms with Gasteiger partial charge in [0.2, 0.25) is 10.0 Å². The Labute approximate surface area is 205 Å². The second-order valence-corrected chi connectivity index (χ2v) is 10.1. The molecule has 0 aliphatic carbocycles. The molecule has 0 saturated carbocycles. The minimum absolute atomic E-state index is 0.213. The number of carbonyl (C=O) groups excluding carboxylic acids is 2. The van der Waals surface area contributed by atoms with E-state index in [-0.39, 0.29) is 5.91 Å². The van der Waals surface area contributed by atoms with Crippen LogP contribution in [0.25, 0.3) is 0 Å². The molecule has 3 aromatic rings. The quantitative estimate of drug-likeness (QED) is 0.368. The first-order valence-electron chi connectivity index (χ1n) is 10.9. The van der Waals surface area contributed by atoms with Crippen molar-refractivity contribution in [1.82, 2.24) is 5.43 Å². The molecule has 0 radical (unpaired) electrons. The molecule has 0 aliphatic rings. The molecule has 0 aliphatic heterocycles. The van der Waals surface area contributed by atoms with Gasteiger partial charge in [0.05, 0.1) is 17.7 Å². The molecule has 0 spiro atoms. The summed E-state index contributed by atoms with van der Waals surface area (Å²) in [7, 11) is -3.68. The molecule has 0 unspecified atom stereocenters. The highest BCUT2D eigenvalue weighted by Gasteiger charge is 2.21. The van der Waals surface area contributed by atoms with Crippen LogP contribution in [-0.4, -0.2) is 38.7 Å². The topological polar surface area (TPSA) is 108 Å². The fourth-order valence-electron chi connectivity index (χ4n) is 3.24. The molecule has 3 rings (SSSR count). The lowest BCUT2D eigenvalue weighted by atomic mass is 10.1. The molecule has 0 bridgehead atoms. The molecule has 2 amide bonds. The van der Waals surface area contributed by atoms with Crippen LogP contribution in [-0.2, 0) is 14.8 Å². The highest BCUT2D eigenvalue weighted by molar-refractivity contribution is 7.92. The van der Waals surface area contributed by atoms with Crippen molar-refractivity contribution in [2.24, 2.45) is 5.10 Å². The van der Waals surface area contributed by atoms with Gasteiger partial charge >= 0.3 is 0 Å². The van der Waals surface area contributed by atoms with Gasteiger partial charge in [0.25, 0.3) is 11.8 Å². The van der Waals surface area contributed by atoms with Gasteiger partial charge in [0.15, 0.2) is 0 Å². The molecule has 182 valence electrons.